The normalized spacial score (nSPS) is 11.3. The molecule has 0 fully saturated rings. The smallest absolute Gasteiger partial charge is 0.307 e. The maximum absolute atomic E-state index is 12.5. The van der Waals surface area contributed by atoms with E-state index in [9.17, 15) is 4.79 Å². The minimum atomic E-state index is -0.432. The van der Waals surface area contributed by atoms with E-state index in [0.29, 0.717) is 17.1 Å². The number of nitrogens with zero attached hydrogens (tertiary/aromatic N) is 1. The molecular weight excluding hydrogens is 436 g/mol. The van der Waals surface area contributed by atoms with Crippen LogP contribution in [0.3, 0.4) is 0 Å². The van der Waals surface area contributed by atoms with Crippen LogP contribution in [0.4, 0.5) is 0 Å². The van der Waals surface area contributed by atoms with Crippen LogP contribution < -0.4 is 14.9 Å². The first-order valence-corrected chi connectivity index (χ1v) is 9.56. The van der Waals surface area contributed by atoms with Crippen molar-refractivity contribution in [2.24, 2.45) is 5.10 Å². The summed E-state index contributed by atoms with van der Waals surface area (Å²) < 4.78 is 17.0. The SMILES string of the molecule is COc1cc(Br)c(/C=N\NC(=O)c2cc3c(ccc4ccccc43)o2)cc1OC. The second kappa shape index (κ2) is 7.97. The second-order valence-corrected chi connectivity index (χ2v) is 7.09. The van der Waals surface area contributed by atoms with Crippen molar-refractivity contribution >= 4 is 49.8 Å². The highest BCUT2D eigenvalue weighted by Gasteiger charge is 2.14. The zero-order valence-electron chi connectivity index (χ0n) is 15.7. The molecule has 1 aromatic heterocycles. The molecule has 0 aliphatic heterocycles. The number of fused-ring (bicyclic) bond motifs is 3. The van der Waals surface area contributed by atoms with Gasteiger partial charge in [-0.2, -0.15) is 5.10 Å². The van der Waals surface area contributed by atoms with E-state index < -0.39 is 5.91 Å². The van der Waals surface area contributed by atoms with Gasteiger partial charge < -0.3 is 13.9 Å². The molecule has 146 valence electrons. The Hall–Kier alpha value is -3.32. The lowest BCUT2D eigenvalue weighted by Crippen LogP contribution is -2.16. The lowest BCUT2D eigenvalue weighted by atomic mass is 10.1. The Kier molecular flexibility index (Phi) is 5.22. The van der Waals surface area contributed by atoms with E-state index in [4.69, 9.17) is 13.9 Å². The number of hydrazone groups is 1. The molecule has 0 saturated heterocycles. The summed E-state index contributed by atoms with van der Waals surface area (Å²) in [5.41, 5.74) is 3.87. The first-order chi connectivity index (χ1) is 14.1. The summed E-state index contributed by atoms with van der Waals surface area (Å²) in [6.07, 6.45) is 1.52. The van der Waals surface area contributed by atoms with Gasteiger partial charge in [0.25, 0.3) is 0 Å². The minimum absolute atomic E-state index is 0.194. The van der Waals surface area contributed by atoms with Gasteiger partial charge in [-0.05, 0) is 51.0 Å². The van der Waals surface area contributed by atoms with Crippen LogP contribution in [0.5, 0.6) is 11.5 Å². The monoisotopic (exact) mass is 452 g/mol. The van der Waals surface area contributed by atoms with Crippen LogP contribution >= 0.6 is 15.9 Å². The Labute approximate surface area is 175 Å². The van der Waals surface area contributed by atoms with Crippen molar-refractivity contribution in [3.8, 4) is 11.5 Å². The highest BCUT2D eigenvalue weighted by atomic mass is 79.9. The van der Waals surface area contributed by atoms with Crippen LogP contribution in [0.15, 0.2) is 68.6 Å². The molecule has 0 unspecified atom stereocenters. The quantitative estimate of drug-likeness (QED) is 0.336. The minimum Gasteiger partial charge on any atom is -0.493 e. The number of amides is 1. The van der Waals surface area contributed by atoms with Crippen molar-refractivity contribution in [1.82, 2.24) is 5.43 Å². The fraction of sp³-hybridized carbons (Fsp3) is 0.0909. The van der Waals surface area contributed by atoms with Gasteiger partial charge >= 0.3 is 5.91 Å². The number of carbonyl (C=O) groups is 1. The van der Waals surface area contributed by atoms with Gasteiger partial charge in [-0.25, -0.2) is 5.43 Å². The van der Waals surface area contributed by atoms with Crippen LogP contribution in [0.2, 0.25) is 0 Å². The number of rotatable bonds is 5. The van der Waals surface area contributed by atoms with Gasteiger partial charge in [-0.1, -0.05) is 30.3 Å². The van der Waals surface area contributed by atoms with Crippen molar-refractivity contribution in [2.75, 3.05) is 14.2 Å². The topological polar surface area (TPSA) is 73.1 Å². The molecule has 3 aromatic carbocycles. The molecule has 4 aromatic rings. The van der Waals surface area contributed by atoms with Crippen molar-refractivity contribution < 1.29 is 18.7 Å². The van der Waals surface area contributed by atoms with Crippen molar-refractivity contribution in [1.29, 1.82) is 0 Å². The van der Waals surface area contributed by atoms with Crippen molar-refractivity contribution in [3.63, 3.8) is 0 Å². The first kappa shape index (κ1) is 19.0. The number of halogens is 1. The Bertz CT molecular complexity index is 1250. The molecule has 0 spiro atoms. The molecule has 0 saturated carbocycles. The molecule has 0 aliphatic rings. The van der Waals surface area contributed by atoms with E-state index in [-0.39, 0.29) is 5.76 Å². The molecule has 0 atom stereocenters. The summed E-state index contributed by atoms with van der Waals surface area (Å²) in [5, 5.41) is 7.04. The Morgan fingerprint density at radius 3 is 2.59 bits per heavy atom. The number of carbonyl (C=O) groups excluding carboxylic acids is 1. The molecular formula is C22H17BrN2O4. The standard InChI is InChI=1S/C22H17BrN2O4/c1-27-19-9-14(17(23)11-20(19)28-2)12-24-25-22(26)21-10-16-15-6-4-3-5-13(15)7-8-18(16)29-21/h3-12H,1-2H3,(H,25,26)/b24-12-. The Balaban J connectivity index is 1.56. The van der Waals surface area contributed by atoms with Gasteiger partial charge in [0.2, 0.25) is 0 Å². The van der Waals surface area contributed by atoms with Gasteiger partial charge in [0, 0.05) is 15.4 Å². The number of hydrogen-bond acceptors (Lipinski definition) is 5. The van der Waals surface area contributed by atoms with Crippen LogP contribution in [-0.2, 0) is 0 Å². The molecule has 6 nitrogen and oxygen atoms in total. The van der Waals surface area contributed by atoms with Gasteiger partial charge in [0.1, 0.15) is 5.58 Å². The predicted molar refractivity (Wildman–Crippen MR) is 116 cm³/mol. The van der Waals surface area contributed by atoms with Crippen LogP contribution in [0, 0.1) is 0 Å². The zero-order chi connectivity index (χ0) is 20.4. The maximum Gasteiger partial charge on any atom is 0.307 e. The number of hydrogen-bond donors (Lipinski definition) is 1. The van der Waals surface area contributed by atoms with Crippen LogP contribution in [0.25, 0.3) is 21.7 Å². The number of benzene rings is 3. The van der Waals surface area contributed by atoms with Gasteiger partial charge in [-0.15, -0.1) is 0 Å². The summed E-state index contributed by atoms with van der Waals surface area (Å²) in [4.78, 5) is 12.5. The van der Waals surface area contributed by atoms with E-state index in [0.717, 1.165) is 26.2 Å². The summed E-state index contributed by atoms with van der Waals surface area (Å²) in [5.74, 6) is 0.917. The molecule has 0 aliphatic carbocycles. The molecule has 29 heavy (non-hydrogen) atoms. The van der Waals surface area contributed by atoms with Crippen LogP contribution in [0.1, 0.15) is 16.1 Å². The number of nitrogens with one attached hydrogen (secondary N) is 1. The third-order valence-corrected chi connectivity index (χ3v) is 5.21. The van der Waals surface area contributed by atoms with E-state index >= 15 is 0 Å². The third-order valence-electron chi connectivity index (χ3n) is 4.52. The number of methoxy groups -OCH3 is 2. The largest absolute Gasteiger partial charge is 0.493 e. The average Bonchev–Trinajstić information content (AvgIpc) is 3.19. The maximum atomic E-state index is 12.5. The summed E-state index contributed by atoms with van der Waals surface area (Å²) in [6, 6.07) is 17.0. The Morgan fingerprint density at radius 2 is 1.79 bits per heavy atom. The lowest BCUT2D eigenvalue weighted by molar-refractivity contribution is 0.0929. The molecule has 1 N–H and O–H groups in total. The van der Waals surface area contributed by atoms with E-state index in [2.05, 4.69) is 26.5 Å². The lowest BCUT2D eigenvalue weighted by Gasteiger charge is -2.09. The van der Waals surface area contributed by atoms with Gasteiger partial charge in [-0.3, -0.25) is 4.79 Å². The average molecular weight is 453 g/mol. The van der Waals surface area contributed by atoms with Crippen LogP contribution in [-0.4, -0.2) is 26.3 Å². The van der Waals surface area contributed by atoms with Crippen molar-refractivity contribution in [2.45, 2.75) is 0 Å². The van der Waals surface area contributed by atoms with Crippen molar-refractivity contribution in [3.05, 3.63) is 70.4 Å². The second-order valence-electron chi connectivity index (χ2n) is 6.24. The van der Waals surface area contributed by atoms with E-state index in [1.165, 1.54) is 6.21 Å². The molecule has 1 amide bonds. The van der Waals surface area contributed by atoms with E-state index in [1.54, 1.807) is 32.4 Å². The highest BCUT2D eigenvalue weighted by Crippen LogP contribution is 2.32. The first-order valence-electron chi connectivity index (χ1n) is 8.77. The highest BCUT2D eigenvalue weighted by molar-refractivity contribution is 9.10. The Morgan fingerprint density at radius 1 is 1.03 bits per heavy atom. The third kappa shape index (κ3) is 3.69. The number of furan rings is 1. The fourth-order valence-electron chi connectivity index (χ4n) is 3.09. The molecule has 4 rings (SSSR count). The number of ether oxygens (including phenoxy) is 2. The van der Waals surface area contributed by atoms with E-state index in [1.807, 2.05) is 36.4 Å². The summed E-state index contributed by atoms with van der Waals surface area (Å²) in [6.45, 7) is 0. The fourth-order valence-corrected chi connectivity index (χ4v) is 3.51. The molecule has 7 heteroatoms. The molecule has 0 radical (unpaired) electrons. The summed E-state index contributed by atoms with van der Waals surface area (Å²) in [7, 11) is 3.12. The molecule has 0 bridgehead atoms. The molecule has 1 heterocycles. The van der Waals surface area contributed by atoms with Gasteiger partial charge in [0.15, 0.2) is 17.3 Å². The zero-order valence-corrected chi connectivity index (χ0v) is 17.3. The summed E-state index contributed by atoms with van der Waals surface area (Å²) >= 11 is 3.45. The predicted octanol–water partition coefficient (Wildman–Crippen LogP) is 5.13. The van der Waals surface area contributed by atoms with Gasteiger partial charge in [0.05, 0.1) is 20.4 Å².